The average molecular weight is 623 g/mol. The monoisotopic (exact) mass is 622 g/mol. The summed E-state index contributed by atoms with van der Waals surface area (Å²) in [5.74, 6) is -0.808. The highest BCUT2D eigenvalue weighted by Gasteiger charge is 2.38. The first kappa shape index (κ1) is 31.9. The van der Waals surface area contributed by atoms with Crippen LogP contribution in [0.2, 0.25) is 0 Å². The van der Waals surface area contributed by atoms with E-state index >= 15 is 0 Å². The summed E-state index contributed by atoms with van der Waals surface area (Å²) in [6.07, 6.45) is -9.58. The molecule has 0 radical (unpaired) electrons. The molecule has 1 heterocycles. The van der Waals surface area contributed by atoms with Crippen molar-refractivity contribution in [1.29, 1.82) is 0 Å². The van der Waals surface area contributed by atoms with Crippen molar-refractivity contribution in [3.05, 3.63) is 99.9 Å². The Morgan fingerprint density at radius 2 is 1.58 bits per heavy atom. The number of carboxylic acids is 1. The number of anilines is 1. The van der Waals surface area contributed by atoms with Crippen LogP contribution in [-0.2, 0) is 30.1 Å². The molecule has 0 aliphatic heterocycles. The number of aryl methyl sites for hydroxylation is 1. The van der Waals surface area contributed by atoms with Crippen molar-refractivity contribution in [1.82, 2.24) is 4.98 Å². The predicted molar refractivity (Wildman–Crippen MR) is 152 cm³/mol. The highest BCUT2D eigenvalue weighted by molar-refractivity contribution is 7.14. The maximum atomic E-state index is 13.9. The minimum absolute atomic E-state index is 0.143. The highest BCUT2D eigenvalue weighted by Crippen LogP contribution is 2.38. The van der Waals surface area contributed by atoms with Crippen LogP contribution in [0.15, 0.2) is 72.1 Å². The maximum Gasteiger partial charge on any atom is 0.416 e. The Morgan fingerprint density at radius 1 is 0.930 bits per heavy atom. The Labute approximate surface area is 248 Å². The standard InChI is InChI=1S/C31H28F6N2O3S/c1-19-4-8-21(9-5-19)26-18-43-28(38-26)39(15-14-20-6-12-24(13-7-20)42-29(2,3)27(40)41)17-22-10-11-23(30(32,33)34)16-25(22)31(35,36)37/h4-13,16,18H,14-15,17H2,1-3H3,(H,40,41). The van der Waals surface area contributed by atoms with Crippen molar-refractivity contribution in [3.8, 4) is 17.0 Å². The van der Waals surface area contributed by atoms with E-state index in [2.05, 4.69) is 4.98 Å². The van der Waals surface area contributed by atoms with Gasteiger partial charge in [-0.05, 0) is 62.6 Å². The van der Waals surface area contributed by atoms with E-state index in [9.17, 15) is 36.2 Å². The van der Waals surface area contributed by atoms with Gasteiger partial charge in [-0.3, -0.25) is 0 Å². The molecule has 43 heavy (non-hydrogen) atoms. The van der Waals surface area contributed by atoms with Gasteiger partial charge in [0.1, 0.15) is 5.75 Å². The Kier molecular flexibility index (Phi) is 9.10. The van der Waals surface area contributed by atoms with E-state index in [-0.39, 0.29) is 24.7 Å². The molecule has 1 N–H and O–H groups in total. The molecular weight excluding hydrogens is 594 g/mol. The van der Waals surface area contributed by atoms with Gasteiger partial charge in [-0.25, -0.2) is 9.78 Å². The molecule has 0 aliphatic carbocycles. The van der Waals surface area contributed by atoms with E-state index in [4.69, 9.17) is 4.74 Å². The molecule has 0 amide bonds. The lowest BCUT2D eigenvalue weighted by Crippen LogP contribution is -2.37. The van der Waals surface area contributed by atoms with Gasteiger partial charge in [-0.1, -0.05) is 48.0 Å². The summed E-state index contributed by atoms with van der Waals surface area (Å²) in [5, 5.41) is 11.5. The summed E-state index contributed by atoms with van der Waals surface area (Å²) in [6.45, 7) is 4.63. The molecule has 0 bridgehead atoms. The SMILES string of the molecule is Cc1ccc(-c2csc(N(CCc3ccc(OC(C)(C)C(=O)O)cc3)Cc3ccc(C(F)(F)F)cc3C(F)(F)F)n2)cc1. The number of hydrogen-bond acceptors (Lipinski definition) is 5. The molecule has 12 heteroatoms. The molecule has 0 aliphatic rings. The molecule has 4 rings (SSSR count). The minimum atomic E-state index is -5.00. The van der Waals surface area contributed by atoms with Crippen molar-refractivity contribution >= 4 is 22.4 Å². The summed E-state index contributed by atoms with van der Waals surface area (Å²) in [6, 6.07) is 15.9. The molecule has 0 fully saturated rings. The molecular formula is C31H28F6N2O3S. The van der Waals surface area contributed by atoms with E-state index in [0.29, 0.717) is 29.1 Å². The Hall–Kier alpha value is -4.06. The van der Waals surface area contributed by atoms with Gasteiger partial charge in [-0.2, -0.15) is 26.3 Å². The van der Waals surface area contributed by atoms with Crippen LogP contribution in [0.3, 0.4) is 0 Å². The lowest BCUT2D eigenvalue weighted by atomic mass is 10.0. The van der Waals surface area contributed by atoms with Crippen LogP contribution < -0.4 is 9.64 Å². The third-order valence-electron chi connectivity index (χ3n) is 6.70. The number of benzene rings is 3. The number of nitrogens with zero attached hydrogens (tertiary/aromatic N) is 2. The van der Waals surface area contributed by atoms with Gasteiger partial charge in [0.2, 0.25) is 0 Å². The predicted octanol–water partition coefficient (Wildman–Crippen LogP) is 8.65. The maximum absolute atomic E-state index is 13.9. The van der Waals surface area contributed by atoms with Crippen molar-refractivity contribution < 1.29 is 41.0 Å². The van der Waals surface area contributed by atoms with E-state index in [1.807, 2.05) is 31.2 Å². The number of thiazole rings is 1. The molecule has 0 atom stereocenters. The topological polar surface area (TPSA) is 62.7 Å². The molecule has 5 nitrogen and oxygen atoms in total. The number of alkyl halides is 6. The zero-order valence-corrected chi connectivity index (χ0v) is 24.2. The van der Waals surface area contributed by atoms with Crippen LogP contribution in [0.25, 0.3) is 11.3 Å². The molecule has 0 spiro atoms. The number of ether oxygens (including phenoxy) is 1. The number of aliphatic carboxylic acids is 1. The first-order valence-electron chi connectivity index (χ1n) is 13.1. The van der Waals surface area contributed by atoms with Gasteiger partial charge in [0.25, 0.3) is 0 Å². The number of aromatic nitrogens is 1. The largest absolute Gasteiger partial charge is 0.478 e. The molecule has 0 saturated heterocycles. The summed E-state index contributed by atoms with van der Waals surface area (Å²) in [4.78, 5) is 17.6. The minimum Gasteiger partial charge on any atom is -0.478 e. The second-order valence-electron chi connectivity index (χ2n) is 10.5. The molecule has 228 valence electrons. The molecule has 4 aromatic rings. The summed E-state index contributed by atoms with van der Waals surface area (Å²) >= 11 is 1.22. The van der Waals surface area contributed by atoms with E-state index < -0.39 is 35.0 Å². The van der Waals surface area contributed by atoms with Crippen molar-refractivity contribution in [3.63, 3.8) is 0 Å². The number of carbonyl (C=O) groups is 1. The molecule has 1 aromatic heterocycles. The summed E-state index contributed by atoms with van der Waals surface area (Å²) in [7, 11) is 0. The van der Waals surface area contributed by atoms with Crippen LogP contribution in [0.5, 0.6) is 5.75 Å². The van der Waals surface area contributed by atoms with Gasteiger partial charge in [0.05, 0.1) is 16.8 Å². The first-order valence-corrected chi connectivity index (χ1v) is 14.0. The van der Waals surface area contributed by atoms with Crippen molar-refractivity contribution in [2.45, 2.75) is 51.7 Å². The lowest BCUT2D eigenvalue weighted by molar-refractivity contribution is -0.152. The van der Waals surface area contributed by atoms with Crippen molar-refractivity contribution in [2.24, 2.45) is 0 Å². The fourth-order valence-electron chi connectivity index (χ4n) is 4.20. The second-order valence-corrected chi connectivity index (χ2v) is 11.3. The number of halogens is 6. The third-order valence-corrected chi connectivity index (χ3v) is 7.60. The fourth-order valence-corrected chi connectivity index (χ4v) is 5.06. The van der Waals surface area contributed by atoms with Crippen molar-refractivity contribution in [2.75, 3.05) is 11.4 Å². The quantitative estimate of drug-likeness (QED) is 0.180. The van der Waals surface area contributed by atoms with Gasteiger partial charge in [0.15, 0.2) is 10.7 Å². The zero-order chi connectivity index (χ0) is 31.6. The number of carboxylic acid groups (broad SMARTS) is 1. The zero-order valence-electron chi connectivity index (χ0n) is 23.4. The Bertz CT molecular complexity index is 1560. The number of hydrogen-bond donors (Lipinski definition) is 1. The fraction of sp³-hybridized carbons (Fsp3) is 0.290. The number of rotatable bonds is 10. The average Bonchev–Trinajstić information content (AvgIpc) is 3.41. The highest BCUT2D eigenvalue weighted by atomic mass is 32.1. The van der Waals surface area contributed by atoms with Gasteiger partial charge < -0.3 is 14.7 Å². The first-order chi connectivity index (χ1) is 20.0. The Balaban J connectivity index is 1.63. The van der Waals surface area contributed by atoms with Crippen LogP contribution in [0.1, 0.15) is 41.7 Å². The van der Waals surface area contributed by atoms with Crippen LogP contribution in [0, 0.1) is 6.92 Å². The van der Waals surface area contributed by atoms with E-state index in [1.165, 1.54) is 25.2 Å². The smallest absolute Gasteiger partial charge is 0.416 e. The lowest BCUT2D eigenvalue weighted by Gasteiger charge is -2.25. The summed E-state index contributed by atoms with van der Waals surface area (Å²) < 4.78 is 87.1. The molecule has 3 aromatic carbocycles. The summed E-state index contributed by atoms with van der Waals surface area (Å²) in [5.41, 5.74) is -1.22. The molecule has 0 saturated carbocycles. The normalized spacial score (nSPS) is 12.3. The van der Waals surface area contributed by atoms with Crippen LogP contribution >= 0.6 is 11.3 Å². The molecule has 0 unspecified atom stereocenters. The van der Waals surface area contributed by atoms with Crippen LogP contribution in [0.4, 0.5) is 31.5 Å². The van der Waals surface area contributed by atoms with Gasteiger partial charge >= 0.3 is 18.3 Å². The van der Waals surface area contributed by atoms with E-state index in [1.54, 1.807) is 34.5 Å². The van der Waals surface area contributed by atoms with Crippen LogP contribution in [-0.4, -0.2) is 28.2 Å². The second kappa shape index (κ2) is 12.3. The Morgan fingerprint density at radius 3 is 2.16 bits per heavy atom. The van der Waals surface area contributed by atoms with Gasteiger partial charge in [-0.15, -0.1) is 11.3 Å². The van der Waals surface area contributed by atoms with Gasteiger partial charge in [0, 0.05) is 24.0 Å². The van der Waals surface area contributed by atoms with E-state index in [0.717, 1.165) is 22.8 Å². The third kappa shape index (κ3) is 8.07.